The maximum atomic E-state index is 12.1. The van der Waals surface area contributed by atoms with Crippen LogP contribution in [0.15, 0.2) is 53.0 Å². The van der Waals surface area contributed by atoms with E-state index in [2.05, 4.69) is 36.9 Å². The molecule has 1 aromatic heterocycles. The number of ketones is 1. The average molecular weight is 428 g/mol. The molecule has 3 rings (SSSR count). The molecule has 140 valence electrons. The van der Waals surface area contributed by atoms with Crippen LogP contribution in [0.5, 0.6) is 0 Å². The summed E-state index contributed by atoms with van der Waals surface area (Å²) in [6.07, 6.45) is 1.24. The molecule has 27 heavy (non-hydrogen) atoms. The van der Waals surface area contributed by atoms with E-state index in [0.717, 1.165) is 34.3 Å². The summed E-state index contributed by atoms with van der Waals surface area (Å²) in [5, 5.41) is 2.90. The normalized spacial score (nSPS) is 10.9. The summed E-state index contributed by atoms with van der Waals surface area (Å²) in [6, 6.07) is 15.2. The van der Waals surface area contributed by atoms with Gasteiger partial charge in [0, 0.05) is 36.0 Å². The first kappa shape index (κ1) is 19.3. The van der Waals surface area contributed by atoms with Gasteiger partial charge in [-0.05, 0) is 37.6 Å². The predicted octanol–water partition coefficient (Wildman–Crippen LogP) is 4.28. The number of carbonyl (C=O) groups is 2. The number of nitrogens with zero attached hydrogens (tertiary/aromatic N) is 2. The molecule has 0 atom stereocenters. The number of nitrogens with one attached hydrogen (secondary N) is 1. The van der Waals surface area contributed by atoms with Gasteiger partial charge < -0.3 is 9.88 Å². The van der Waals surface area contributed by atoms with Gasteiger partial charge in [-0.25, -0.2) is 4.98 Å². The van der Waals surface area contributed by atoms with Crippen molar-refractivity contribution in [3.05, 3.63) is 64.4 Å². The third-order valence-corrected chi connectivity index (χ3v) is 5.00. The van der Waals surface area contributed by atoms with Crippen LogP contribution in [-0.4, -0.2) is 27.8 Å². The highest BCUT2D eigenvalue weighted by molar-refractivity contribution is 9.10. The molecular formula is C21H22BrN3O2. The zero-order valence-electron chi connectivity index (χ0n) is 15.2. The van der Waals surface area contributed by atoms with Crippen molar-refractivity contribution in [3.8, 4) is 0 Å². The molecule has 3 aromatic rings. The summed E-state index contributed by atoms with van der Waals surface area (Å²) < 4.78 is 3.09. The Labute approximate surface area is 166 Å². The smallest absolute Gasteiger partial charge is 0.220 e. The first-order valence-electron chi connectivity index (χ1n) is 9.02. The van der Waals surface area contributed by atoms with Crippen molar-refractivity contribution in [2.75, 3.05) is 6.54 Å². The summed E-state index contributed by atoms with van der Waals surface area (Å²) >= 11 is 3.34. The van der Waals surface area contributed by atoms with Crippen molar-refractivity contribution in [3.63, 3.8) is 0 Å². The number of hydrogen-bond donors (Lipinski definition) is 1. The van der Waals surface area contributed by atoms with E-state index in [4.69, 9.17) is 0 Å². The monoisotopic (exact) mass is 427 g/mol. The van der Waals surface area contributed by atoms with Gasteiger partial charge in [-0.15, -0.1) is 0 Å². The predicted molar refractivity (Wildman–Crippen MR) is 110 cm³/mol. The number of aryl methyl sites for hydroxylation is 2. The van der Waals surface area contributed by atoms with Crippen LogP contribution in [0.25, 0.3) is 11.0 Å². The largest absolute Gasteiger partial charge is 0.356 e. The Hall–Kier alpha value is -2.47. The highest BCUT2D eigenvalue weighted by Crippen LogP contribution is 2.16. The Morgan fingerprint density at radius 1 is 1.07 bits per heavy atom. The van der Waals surface area contributed by atoms with Crippen molar-refractivity contribution in [1.82, 2.24) is 14.9 Å². The molecule has 1 N–H and O–H groups in total. The molecule has 1 heterocycles. The van der Waals surface area contributed by atoms with E-state index in [9.17, 15) is 9.59 Å². The van der Waals surface area contributed by atoms with E-state index < -0.39 is 0 Å². The zero-order valence-corrected chi connectivity index (χ0v) is 16.8. The lowest BCUT2D eigenvalue weighted by atomic mass is 10.1. The van der Waals surface area contributed by atoms with E-state index in [0.29, 0.717) is 12.1 Å². The number of benzene rings is 2. The number of amides is 1. The van der Waals surface area contributed by atoms with Crippen LogP contribution < -0.4 is 5.32 Å². The number of aromatic nitrogens is 2. The molecule has 0 radical (unpaired) electrons. The van der Waals surface area contributed by atoms with Gasteiger partial charge in [-0.1, -0.05) is 40.2 Å². The lowest BCUT2D eigenvalue weighted by Crippen LogP contribution is -2.25. The summed E-state index contributed by atoms with van der Waals surface area (Å²) in [6.45, 7) is 3.37. The fraction of sp³-hybridized carbons (Fsp3) is 0.286. The topological polar surface area (TPSA) is 64.0 Å². The molecule has 0 unspecified atom stereocenters. The van der Waals surface area contributed by atoms with Gasteiger partial charge in [-0.2, -0.15) is 0 Å². The molecule has 0 aliphatic rings. The van der Waals surface area contributed by atoms with Gasteiger partial charge in [0.2, 0.25) is 5.91 Å². The minimum atomic E-state index is -0.0901. The SMILES string of the molecule is Cc1nc2ccccc2n1CCCNC(=O)CCC(=O)c1ccc(Br)cc1. The van der Waals surface area contributed by atoms with Crippen molar-refractivity contribution in [2.24, 2.45) is 0 Å². The Morgan fingerprint density at radius 2 is 1.81 bits per heavy atom. The molecule has 0 saturated heterocycles. The number of Topliss-reactive ketones (excluding diaryl/α,β-unsaturated/α-hetero) is 1. The second kappa shape index (κ2) is 8.95. The van der Waals surface area contributed by atoms with Gasteiger partial charge in [-0.3, -0.25) is 9.59 Å². The number of rotatable bonds is 8. The molecule has 6 heteroatoms. The van der Waals surface area contributed by atoms with Crippen molar-refractivity contribution >= 4 is 38.7 Å². The molecule has 0 fully saturated rings. The quantitative estimate of drug-likeness (QED) is 0.431. The molecule has 0 aliphatic carbocycles. The Morgan fingerprint density at radius 3 is 2.59 bits per heavy atom. The number of hydrogen-bond acceptors (Lipinski definition) is 3. The molecule has 5 nitrogen and oxygen atoms in total. The highest BCUT2D eigenvalue weighted by Gasteiger charge is 2.10. The lowest BCUT2D eigenvalue weighted by Gasteiger charge is -2.08. The van der Waals surface area contributed by atoms with Gasteiger partial charge in [0.05, 0.1) is 11.0 Å². The third kappa shape index (κ3) is 5.04. The molecule has 2 aromatic carbocycles. The number of imidazole rings is 1. The van der Waals surface area contributed by atoms with Crippen LogP contribution in [-0.2, 0) is 11.3 Å². The average Bonchev–Trinajstić information content (AvgIpc) is 2.99. The van der Waals surface area contributed by atoms with Crippen molar-refractivity contribution in [1.29, 1.82) is 0 Å². The molecule has 0 spiro atoms. The van der Waals surface area contributed by atoms with Crippen LogP contribution in [0.1, 0.15) is 35.4 Å². The molecule has 1 amide bonds. The number of carbonyl (C=O) groups excluding carboxylic acids is 2. The molecular weight excluding hydrogens is 406 g/mol. The standard InChI is InChI=1S/C21H22BrN3O2/c1-15-24-18-5-2-3-6-19(18)25(15)14-4-13-23-21(27)12-11-20(26)16-7-9-17(22)10-8-16/h2-3,5-10H,4,11-14H2,1H3,(H,23,27). The van der Waals surface area contributed by atoms with Crippen LogP contribution >= 0.6 is 15.9 Å². The number of para-hydroxylation sites is 2. The maximum Gasteiger partial charge on any atom is 0.220 e. The first-order valence-corrected chi connectivity index (χ1v) is 9.81. The van der Waals surface area contributed by atoms with Gasteiger partial charge >= 0.3 is 0 Å². The summed E-state index contributed by atoms with van der Waals surface area (Å²) in [5.41, 5.74) is 2.74. The van der Waals surface area contributed by atoms with Crippen molar-refractivity contribution < 1.29 is 9.59 Å². The fourth-order valence-electron chi connectivity index (χ4n) is 3.04. The summed E-state index contributed by atoms with van der Waals surface area (Å²) in [7, 11) is 0. The van der Waals surface area contributed by atoms with Gasteiger partial charge in [0.25, 0.3) is 0 Å². The molecule has 0 saturated carbocycles. The zero-order chi connectivity index (χ0) is 19.2. The minimum Gasteiger partial charge on any atom is -0.356 e. The fourth-order valence-corrected chi connectivity index (χ4v) is 3.30. The van der Waals surface area contributed by atoms with Crippen LogP contribution in [0, 0.1) is 6.92 Å². The Bertz CT molecular complexity index is 948. The number of halogens is 1. The van der Waals surface area contributed by atoms with Crippen LogP contribution in [0.2, 0.25) is 0 Å². The lowest BCUT2D eigenvalue weighted by molar-refractivity contribution is -0.121. The van der Waals surface area contributed by atoms with Gasteiger partial charge in [0.1, 0.15) is 5.82 Å². The van der Waals surface area contributed by atoms with E-state index in [1.807, 2.05) is 37.3 Å². The van der Waals surface area contributed by atoms with Crippen molar-refractivity contribution in [2.45, 2.75) is 32.7 Å². The summed E-state index contributed by atoms with van der Waals surface area (Å²) in [5.74, 6) is 0.869. The third-order valence-electron chi connectivity index (χ3n) is 4.47. The Balaban J connectivity index is 1.41. The van der Waals surface area contributed by atoms with Crippen LogP contribution in [0.3, 0.4) is 0 Å². The van der Waals surface area contributed by atoms with E-state index in [1.165, 1.54) is 0 Å². The van der Waals surface area contributed by atoms with E-state index in [1.54, 1.807) is 12.1 Å². The van der Waals surface area contributed by atoms with Crippen LogP contribution in [0.4, 0.5) is 0 Å². The van der Waals surface area contributed by atoms with Gasteiger partial charge in [0.15, 0.2) is 5.78 Å². The molecule has 0 bridgehead atoms. The maximum absolute atomic E-state index is 12.1. The molecule has 0 aliphatic heterocycles. The first-order chi connectivity index (χ1) is 13.0. The second-order valence-corrected chi connectivity index (χ2v) is 7.35. The minimum absolute atomic E-state index is 0.0156. The van der Waals surface area contributed by atoms with E-state index in [-0.39, 0.29) is 24.5 Å². The summed E-state index contributed by atoms with van der Waals surface area (Å²) in [4.78, 5) is 28.6. The number of fused-ring (bicyclic) bond motifs is 1. The Kier molecular flexibility index (Phi) is 6.40. The second-order valence-electron chi connectivity index (χ2n) is 6.43. The van der Waals surface area contributed by atoms with E-state index >= 15 is 0 Å². The highest BCUT2D eigenvalue weighted by atomic mass is 79.9.